The summed E-state index contributed by atoms with van der Waals surface area (Å²) < 4.78 is 23.0. The van der Waals surface area contributed by atoms with Crippen LogP contribution in [0.4, 0.5) is 14.9 Å². The van der Waals surface area contributed by atoms with Gasteiger partial charge in [0.1, 0.15) is 25.0 Å². The van der Waals surface area contributed by atoms with E-state index in [4.69, 9.17) is 14.7 Å². The van der Waals surface area contributed by atoms with E-state index in [0.717, 1.165) is 6.42 Å². The Morgan fingerprint density at radius 2 is 1.70 bits per heavy atom. The van der Waals surface area contributed by atoms with Gasteiger partial charge in [0.25, 0.3) is 0 Å². The molecular formula is C24H26FN3O5. The Labute approximate surface area is 191 Å². The van der Waals surface area contributed by atoms with E-state index in [1.54, 1.807) is 42.5 Å². The summed E-state index contributed by atoms with van der Waals surface area (Å²) in [6.07, 6.45) is 0.969. The van der Waals surface area contributed by atoms with Crippen LogP contribution in [0.25, 0.3) is 0 Å². The first kappa shape index (κ1) is 25.3. The summed E-state index contributed by atoms with van der Waals surface area (Å²) in [5, 5.41) is 11.2. The molecule has 0 spiro atoms. The predicted molar refractivity (Wildman–Crippen MR) is 118 cm³/mol. The molecule has 0 saturated heterocycles. The Kier molecular flexibility index (Phi) is 10.3. The molecule has 0 aliphatic carbocycles. The third-order valence-electron chi connectivity index (χ3n) is 4.54. The van der Waals surface area contributed by atoms with Crippen molar-refractivity contribution >= 4 is 23.7 Å². The molecule has 9 heteroatoms. The molecule has 2 aromatic carbocycles. The van der Waals surface area contributed by atoms with Gasteiger partial charge in [0, 0.05) is 12.2 Å². The SMILES string of the molecule is CCCCN(CC(=O)OCC#N)C(=O)OCc1ccc(NC(=O)Cc2ccc(F)cc2)cc1. The second kappa shape index (κ2) is 13.5. The smallest absolute Gasteiger partial charge is 0.410 e. The molecule has 0 bridgehead atoms. The van der Waals surface area contributed by atoms with Crippen LogP contribution in [0.1, 0.15) is 30.9 Å². The number of rotatable bonds is 11. The normalized spacial score (nSPS) is 10.1. The molecule has 1 N–H and O–H groups in total. The average molecular weight is 455 g/mol. The minimum absolute atomic E-state index is 0.0154. The number of ether oxygens (including phenoxy) is 2. The van der Waals surface area contributed by atoms with E-state index in [9.17, 15) is 18.8 Å². The summed E-state index contributed by atoms with van der Waals surface area (Å²) in [4.78, 5) is 37.5. The third-order valence-corrected chi connectivity index (χ3v) is 4.54. The van der Waals surface area contributed by atoms with E-state index in [1.807, 2.05) is 6.92 Å². The number of nitrogens with one attached hydrogen (secondary N) is 1. The van der Waals surface area contributed by atoms with Crippen LogP contribution in [0.5, 0.6) is 0 Å². The second-order valence-corrected chi connectivity index (χ2v) is 7.20. The summed E-state index contributed by atoms with van der Waals surface area (Å²) in [5.41, 5.74) is 1.96. The summed E-state index contributed by atoms with van der Waals surface area (Å²) in [6.45, 7) is 1.61. The lowest BCUT2D eigenvalue weighted by molar-refractivity contribution is -0.143. The van der Waals surface area contributed by atoms with Crippen molar-refractivity contribution in [1.82, 2.24) is 4.90 Å². The molecule has 0 heterocycles. The molecule has 0 aliphatic rings. The Bertz CT molecular complexity index is 971. The Balaban J connectivity index is 1.85. The minimum atomic E-state index is -0.676. The number of hydrogen-bond donors (Lipinski definition) is 1. The molecule has 33 heavy (non-hydrogen) atoms. The van der Waals surface area contributed by atoms with Crippen molar-refractivity contribution in [1.29, 1.82) is 5.26 Å². The fourth-order valence-electron chi connectivity index (χ4n) is 2.81. The van der Waals surface area contributed by atoms with Crippen molar-refractivity contribution in [3.8, 4) is 6.07 Å². The second-order valence-electron chi connectivity index (χ2n) is 7.20. The zero-order valence-electron chi connectivity index (χ0n) is 18.4. The van der Waals surface area contributed by atoms with E-state index in [0.29, 0.717) is 29.8 Å². The lowest BCUT2D eigenvalue weighted by Gasteiger charge is -2.20. The molecule has 174 valence electrons. The third kappa shape index (κ3) is 9.39. The van der Waals surface area contributed by atoms with E-state index in [1.165, 1.54) is 17.0 Å². The molecule has 2 rings (SSSR count). The Morgan fingerprint density at radius 3 is 2.33 bits per heavy atom. The number of nitrogens with zero attached hydrogens (tertiary/aromatic N) is 2. The van der Waals surface area contributed by atoms with Gasteiger partial charge >= 0.3 is 12.1 Å². The molecule has 0 saturated carbocycles. The molecule has 8 nitrogen and oxygen atoms in total. The highest BCUT2D eigenvalue weighted by molar-refractivity contribution is 5.92. The van der Waals surface area contributed by atoms with Crippen LogP contribution in [0, 0.1) is 17.1 Å². The number of esters is 1. The minimum Gasteiger partial charge on any atom is -0.449 e. The van der Waals surface area contributed by atoms with Gasteiger partial charge in [0.05, 0.1) is 6.42 Å². The van der Waals surface area contributed by atoms with E-state index < -0.39 is 12.1 Å². The van der Waals surface area contributed by atoms with Gasteiger partial charge < -0.3 is 14.8 Å². The number of carbonyl (C=O) groups excluding carboxylic acids is 3. The summed E-state index contributed by atoms with van der Waals surface area (Å²) in [7, 11) is 0. The van der Waals surface area contributed by atoms with Gasteiger partial charge in [-0.25, -0.2) is 9.18 Å². The zero-order valence-corrected chi connectivity index (χ0v) is 18.4. The van der Waals surface area contributed by atoms with Crippen LogP contribution in [-0.4, -0.2) is 42.6 Å². The van der Waals surface area contributed by atoms with Crippen molar-refractivity contribution in [2.75, 3.05) is 25.0 Å². The van der Waals surface area contributed by atoms with E-state index in [-0.39, 0.29) is 37.9 Å². The largest absolute Gasteiger partial charge is 0.449 e. The maximum absolute atomic E-state index is 13.0. The highest BCUT2D eigenvalue weighted by Gasteiger charge is 2.19. The summed E-state index contributed by atoms with van der Waals surface area (Å²) in [5.74, 6) is -1.27. The fraction of sp³-hybridized carbons (Fsp3) is 0.333. The maximum Gasteiger partial charge on any atom is 0.410 e. The number of carbonyl (C=O) groups is 3. The number of benzene rings is 2. The van der Waals surface area contributed by atoms with Gasteiger partial charge in [0.2, 0.25) is 5.91 Å². The van der Waals surface area contributed by atoms with Gasteiger partial charge in [-0.15, -0.1) is 0 Å². The molecule has 0 aliphatic heterocycles. The lowest BCUT2D eigenvalue weighted by Crippen LogP contribution is -2.37. The molecule has 0 aromatic heterocycles. The average Bonchev–Trinajstić information content (AvgIpc) is 2.81. The first-order valence-electron chi connectivity index (χ1n) is 10.5. The topological polar surface area (TPSA) is 109 Å². The van der Waals surface area contributed by atoms with Gasteiger partial charge in [-0.3, -0.25) is 14.5 Å². The van der Waals surface area contributed by atoms with E-state index >= 15 is 0 Å². The van der Waals surface area contributed by atoms with Gasteiger partial charge in [-0.2, -0.15) is 5.26 Å². The molecule has 0 atom stereocenters. The summed E-state index contributed by atoms with van der Waals surface area (Å²) in [6, 6.07) is 14.2. The Hall–Kier alpha value is -3.93. The molecular weight excluding hydrogens is 429 g/mol. The van der Waals surface area contributed by atoms with Crippen molar-refractivity contribution in [3.05, 3.63) is 65.5 Å². The fourth-order valence-corrected chi connectivity index (χ4v) is 2.81. The molecule has 0 radical (unpaired) electrons. The van der Waals surface area contributed by atoms with Crippen LogP contribution in [0.2, 0.25) is 0 Å². The number of halogens is 1. The van der Waals surface area contributed by atoms with Crippen molar-refractivity contribution in [3.63, 3.8) is 0 Å². The number of hydrogen-bond acceptors (Lipinski definition) is 6. The van der Waals surface area contributed by atoms with Crippen LogP contribution in [0.3, 0.4) is 0 Å². The monoisotopic (exact) mass is 455 g/mol. The maximum atomic E-state index is 13.0. The van der Waals surface area contributed by atoms with Crippen LogP contribution >= 0.6 is 0 Å². The predicted octanol–water partition coefficient (Wildman–Crippen LogP) is 3.81. The number of nitriles is 1. The van der Waals surface area contributed by atoms with Crippen molar-refractivity contribution in [2.45, 2.75) is 32.8 Å². The number of anilines is 1. The highest BCUT2D eigenvalue weighted by Crippen LogP contribution is 2.13. The first-order chi connectivity index (χ1) is 15.9. The molecule has 0 fully saturated rings. The van der Waals surface area contributed by atoms with Crippen LogP contribution < -0.4 is 5.32 Å². The quantitative estimate of drug-likeness (QED) is 0.516. The highest BCUT2D eigenvalue weighted by atomic mass is 19.1. The van der Waals surface area contributed by atoms with Crippen LogP contribution in [0.15, 0.2) is 48.5 Å². The summed E-state index contributed by atoms with van der Waals surface area (Å²) >= 11 is 0. The van der Waals surface area contributed by atoms with Gasteiger partial charge in [0.15, 0.2) is 6.61 Å². The van der Waals surface area contributed by atoms with Crippen molar-refractivity contribution < 1.29 is 28.2 Å². The van der Waals surface area contributed by atoms with Crippen LogP contribution in [-0.2, 0) is 32.1 Å². The Morgan fingerprint density at radius 1 is 1.03 bits per heavy atom. The lowest BCUT2D eigenvalue weighted by atomic mass is 10.1. The number of amides is 2. The number of unbranched alkanes of at least 4 members (excludes halogenated alkanes) is 1. The van der Waals surface area contributed by atoms with Gasteiger partial charge in [-0.05, 0) is 41.8 Å². The first-order valence-corrected chi connectivity index (χ1v) is 10.5. The van der Waals surface area contributed by atoms with Gasteiger partial charge in [-0.1, -0.05) is 37.6 Å². The molecule has 2 aromatic rings. The molecule has 0 unspecified atom stereocenters. The zero-order chi connectivity index (χ0) is 24.1. The van der Waals surface area contributed by atoms with E-state index in [2.05, 4.69) is 5.32 Å². The standard InChI is InChI=1S/C24H26FN3O5/c1-2-3-13-28(16-23(30)32-14-12-26)24(31)33-17-19-6-10-21(11-7-19)27-22(29)15-18-4-8-20(25)9-5-18/h4-11H,2-3,13-17H2,1H3,(H,27,29). The van der Waals surface area contributed by atoms with Crippen molar-refractivity contribution in [2.24, 2.45) is 0 Å². The molecule has 2 amide bonds.